The highest BCUT2D eigenvalue weighted by Gasteiger charge is 2.39. The molecule has 2 saturated heterocycles. The van der Waals surface area contributed by atoms with E-state index in [2.05, 4.69) is 60.6 Å². The number of aryl methyl sites for hydroxylation is 2. The first-order chi connectivity index (χ1) is 18.5. The number of nitrogens with zero attached hydrogens (tertiary/aromatic N) is 7. The SMILES string of the molecule is CN1CC2CN(c3ccc(Nc4nc(N)n(-c5cc6c(nn5)-c5ccccc5CCC6)n4)cc3F)CC2C1. The van der Waals surface area contributed by atoms with Crippen molar-refractivity contribution in [3.05, 3.63) is 65.5 Å². The Hall–Kier alpha value is -4.05. The van der Waals surface area contributed by atoms with Gasteiger partial charge in [-0.3, -0.25) is 0 Å². The van der Waals surface area contributed by atoms with E-state index in [9.17, 15) is 0 Å². The number of hydrogen-bond donors (Lipinski definition) is 2. The molecule has 0 radical (unpaired) electrons. The first-order valence-electron chi connectivity index (χ1n) is 13.2. The molecule has 2 fully saturated rings. The Balaban J connectivity index is 1.10. The smallest absolute Gasteiger partial charge is 0.248 e. The van der Waals surface area contributed by atoms with Crippen LogP contribution in [0.25, 0.3) is 17.1 Å². The molecular weight excluding hydrogens is 481 g/mol. The summed E-state index contributed by atoms with van der Waals surface area (Å²) in [5, 5.41) is 16.5. The van der Waals surface area contributed by atoms with Gasteiger partial charge in [-0.1, -0.05) is 24.3 Å². The molecule has 3 N–H and O–H groups in total. The third kappa shape index (κ3) is 4.05. The molecule has 2 aromatic carbocycles. The van der Waals surface area contributed by atoms with Gasteiger partial charge in [0.25, 0.3) is 0 Å². The Bertz CT molecular complexity index is 1500. The van der Waals surface area contributed by atoms with Crippen LogP contribution in [0.4, 0.5) is 27.7 Å². The number of anilines is 4. The van der Waals surface area contributed by atoms with Crippen molar-refractivity contribution in [3.63, 3.8) is 0 Å². The third-order valence-electron chi connectivity index (χ3n) is 8.09. The minimum absolute atomic E-state index is 0.182. The number of benzene rings is 2. The molecule has 0 amide bonds. The molecule has 0 bridgehead atoms. The van der Waals surface area contributed by atoms with Crippen molar-refractivity contribution in [3.8, 4) is 17.1 Å². The molecular formula is C28H30FN9. The van der Waals surface area contributed by atoms with Crippen LogP contribution in [0.1, 0.15) is 17.5 Å². The average Bonchev–Trinajstić information content (AvgIpc) is 3.52. The molecule has 4 heterocycles. The van der Waals surface area contributed by atoms with Gasteiger partial charge in [0.2, 0.25) is 11.9 Å². The van der Waals surface area contributed by atoms with Crippen LogP contribution in [0, 0.1) is 17.7 Å². The second-order valence-electron chi connectivity index (χ2n) is 10.7. The van der Waals surface area contributed by atoms with E-state index in [0.29, 0.717) is 29.0 Å². The normalized spacial score (nSPS) is 20.6. The summed E-state index contributed by atoms with van der Waals surface area (Å²) < 4.78 is 16.6. The van der Waals surface area contributed by atoms with Crippen LogP contribution in [0.5, 0.6) is 0 Å². The lowest BCUT2D eigenvalue weighted by Gasteiger charge is -2.22. The second-order valence-corrected chi connectivity index (χ2v) is 10.7. The van der Waals surface area contributed by atoms with E-state index in [1.807, 2.05) is 24.3 Å². The van der Waals surface area contributed by atoms with E-state index >= 15 is 4.39 Å². The van der Waals surface area contributed by atoms with Crippen molar-refractivity contribution >= 4 is 23.3 Å². The highest BCUT2D eigenvalue weighted by Crippen LogP contribution is 2.35. The van der Waals surface area contributed by atoms with E-state index < -0.39 is 0 Å². The van der Waals surface area contributed by atoms with Gasteiger partial charge in [0, 0.05) is 37.4 Å². The number of halogens is 1. The van der Waals surface area contributed by atoms with E-state index in [4.69, 9.17) is 5.73 Å². The maximum absolute atomic E-state index is 15.1. The summed E-state index contributed by atoms with van der Waals surface area (Å²) in [6.07, 6.45) is 2.94. The molecule has 0 spiro atoms. The fourth-order valence-electron chi connectivity index (χ4n) is 6.32. The second kappa shape index (κ2) is 9.05. The minimum Gasteiger partial charge on any atom is -0.368 e. The Morgan fingerprint density at radius 1 is 0.947 bits per heavy atom. The lowest BCUT2D eigenvalue weighted by Crippen LogP contribution is -2.27. The molecule has 7 rings (SSSR count). The van der Waals surface area contributed by atoms with E-state index in [1.54, 1.807) is 0 Å². The van der Waals surface area contributed by atoms with Gasteiger partial charge >= 0.3 is 0 Å². The highest BCUT2D eigenvalue weighted by atomic mass is 19.1. The van der Waals surface area contributed by atoms with E-state index in [1.165, 1.54) is 16.3 Å². The maximum Gasteiger partial charge on any atom is 0.248 e. The van der Waals surface area contributed by atoms with Crippen molar-refractivity contribution in [2.24, 2.45) is 11.8 Å². The summed E-state index contributed by atoms with van der Waals surface area (Å²) in [5.74, 6) is 1.93. The minimum atomic E-state index is -0.257. The van der Waals surface area contributed by atoms with Crippen LogP contribution in [0.15, 0.2) is 48.5 Å². The van der Waals surface area contributed by atoms with Crippen molar-refractivity contribution in [1.82, 2.24) is 29.9 Å². The Morgan fingerprint density at radius 3 is 2.55 bits per heavy atom. The monoisotopic (exact) mass is 511 g/mol. The molecule has 38 heavy (non-hydrogen) atoms. The first-order valence-corrected chi connectivity index (χ1v) is 13.2. The van der Waals surface area contributed by atoms with Crippen LogP contribution in [-0.2, 0) is 12.8 Å². The van der Waals surface area contributed by atoms with E-state index in [-0.39, 0.29) is 17.7 Å². The molecule has 0 saturated carbocycles. The molecule has 3 aliphatic rings. The van der Waals surface area contributed by atoms with Crippen LogP contribution in [-0.4, -0.2) is 63.1 Å². The van der Waals surface area contributed by atoms with Gasteiger partial charge in [-0.05, 0) is 73.5 Å². The molecule has 1 aliphatic carbocycles. The highest BCUT2D eigenvalue weighted by molar-refractivity contribution is 5.68. The molecule has 10 heteroatoms. The number of likely N-dealkylation sites (tertiary alicyclic amines) is 1. The summed E-state index contributed by atoms with van der Waals surface area (Å²) in [6.45, 7) is 3.96. The van der Waals surface area contributed by atoms with Gasteiger partial charge in [0.1, 0.15) is 5.82 Å². The van der Waals surface area contributed by atoms with Gasteiger partial charge in [0.15, 0.2) is 5.82 Å². The predicted octanol–water partition coefficient (Wildman–Crippen LogP) is 3.68. The number of nitrogens with two attached hydrogens (primary N) is 1. The van der Waals surface area contributed by atoms with Crippen LogP contribution in [0.3, 0.4) is 0 Å². The summed E-state index contributed by atoms with van der Waals surface area (Å²) in [4.78, 5) is 8.87. The van der Waals surface area contributed by atoms with Gasteiger partial charge in [0.05, 0.1) is 11.4 Å². The third-order valence-corrected chi connectivity index (χ3v) is 8.09. The van der Waals surface area contributed by atoms with Crippen molar-refractivity contribution in [2.45, 2.75) is 19.3 Å². The fourth-order valence-corrected chi connectivity index (χ4v) is 6.32. The van der Waals surface area contributed by atoms with Crippen LogP contribution in [0.2, 0.25) is 0 Å². The molecule has 2 unspecified atom stereocenters. The van der Waals surface area contributed by atoms with Crippen molar-refractivity contribution < 1.29 is 4.39 Å². The Labute approximate surface area is 220 Å². The predicted molar refractivity (Wildman–Crippen MR) is 145 cm³/mol. The lowest BCUT2D eigenvalue weighted by atomic mass is 10.0. The number of fused-ring (bicyclic) bond motifs is 4. The van der Waals surface area contributed by atoms with Gasteiger partial charge in [-0.25, -0.2) is 4.39 Å². The summed E-state index contributed by atoms with van der Waals surface area (Å²) in [6, 6.07) is 15.5. The molecule has 2 aliphatic heterocycles. The number of nitrogens with one attached hydrogen (secondary N) is 1. The number of rotatable bonds is 4. The van der Waals surface area contributed by atoms with Gasteiger partial charge in [-0.2, -0.15) is 9.67 Å². The summed E-state index contributed by atoms with van der Waals surface area (Å²) >= 11 is 0. The first kappa shape index (κ1) is 23.1. The molecule has 2 aromatic heterocycles. The zero-order valence-electron chi connectivity index (χ0n) is 21.3. The number of nitrogen functional groups attached to an aromatic ring is 1. The van der Waals surface area contributed by atoms with Crippen LogP contribution < -0.4 is 16.0 Å². The molecule has 2 atom stereocenters. The standard InChI is InChI=1S/C28H30FN9/c1-36-13-19-15-37(16-20(19)14-36)24-10-9-21(12-23(24)29)31-28-32-27(30)38(35-28)25-11-18-7-4-6-17-5-2-3-8-22(17)26(18)34-33-25/h2-3,5,8-12,19-20H,4,6-7,13-16H2,1H3,(H3,30,31,32,35). The number of aromatic nitrogens is 5. The zero-order chi connectivity index (χ0) is 25.8. The van der Waals surface area contributed by atoms with Crippen molar-refractivity contribution in [1.29, 1.82) is 0 Å². The van der Waals surface area contributed by atoms with E-state index in [0.717, 1.165) is 62.3 Å². The lowest BCUT2D eigenvalue weighted by molar-refractivity contribution is 0.386. The Morgan fingerprint density at radius 2 is 1.74 bits per heavy atom. The fraction of sp³-hybridized carbons (Fsp3) is 0.357. The van der Waals surface area contributed by atoms with Crippen LogP contribution >= 0.6 is 0 Å². The number of hydrogen-bond acceptors (Lipinski definition) is 8. The molecule has 9 nitrogen and oxygen atoms in total. The molecule has 194 valence electrons. The quantitative estimate of drug-likeness (QED) is 0.428. The molecule has 4 aromatic rings. The largest absolute Gasteiger partial charge is 0.368 e. The maximum atomic E-state index is 15.1. The summed E-state index contributed by atoms with van der Waals surface area (Å²) in [7, 11) is 2.16. The summed E-state index contributed by atoms with van der Waals surface area (Å²) in [5.41, 5.74) is 11.8. The van der Waals surface area contributed by atoms with Crippen molar-refractivity contribution in [2.75, 3.05) is 49.2 Å². The van der Waals surface area contributed by atoms with Gasteiger partial charge in [-0.15, -0.1) is 15.3 Å². The average molecular weight is 512 g/mol. The zero-order valence-corrected chi connectivity index (χ0v) is 21.3. The topological polar surface area (TPSA) is 101 Å². The van der Waals surface area contributed by atoms with Gasteiger partial charge < -0.3 is 20.9 Å². The Kier molecular flexibility index (Phi) is 5.50.